The van der Waals surface area contributed by atoms with E-state index in [0.29, 0.717) is 11.3 Å². The lowest BCUT2D eigenvalue weighted by Gasteiger charge is -2.29. The highest BCUT2D eigenvalue weighted by Gasteiger charge is 2.36. The average molecular weight is 364 g/mol. The zero-order valence-electron chi connectivity index (χ0n) is 16.5. The van der Waals surface area contributed by atoms with E-state index in [-0.39, 0.29) is 5.78 Å². The second-order valence-electron chi connectivity index (χ2n) is 7.22. The molecule has 0 spiro atoms. The van der Waals surface area contributed by atoms with E-state index in [1.165, 1.54) is 11.8 Å². The summed E-state index contributed by atoms with van der Waals surface area (Å²) in [4.78, 5) is 38.4. The molecule has 0 saturated heterocycles. The molecule has 7 heteroatoms. The van der Waals surface area contributed by atoms with Crippen molar-refractivity contribution in [1.29, 1.82) is 0 Å². The van der Waals surface area contributed by atoms with Crippen molar-refractivity contribution >= 4 is 17.8 Å². The van der Waals surface area contributed by atoms with Crippen LogP contribution >= 0.6 is 0 Å². The van der Waals surface area contributed by atoms with Gasteiger partial charge in [0.15, 0.2) is 0 Å². The van der Waals surface area contributed by atoms with Crippen LogP contribution in [0.15, 0.2) is 24.3 Å². The predicted octanol–water partition coefficient (Wildman–Crippen LogP) is 2.55. The van der Waals surface area contributed by atoms with Gasteiger partial charge >= 0.3 is 6.09 Å². The van der Waals surface area contributed by atoms with E-state index in [9.17, 15) is 14.4 Å². The number of rotatable bonds is 6. The Balaban J connectivity index is 3.27. The minimum absolute atomic E-state index is 0.347. The third-order valence-corrected chi connectivity index (χ3v) is 3.63. The van der Waals surface area contributed by atoms with Crippen LogP contribution in [0.5, 0.6) is 5.75 Å². The van der Waals surface area contributed by atoms with Crippen LogP contribution in [0, 0.1) is 5.92 Å². The number of hydrogen-bond donors (Lipinski definition) is 1. The molecule has 0 aliphatic carbocycles. The maximum atomic E-state index is 12.6. The maximum absolute atomic E-state index is 12.6. The van der Waals surface area contributed by atoms with Gasteiger partial charge in [0.1, 0.15) is 23.1 Å². The number of ether oxygens (including phenoxy) is 2. The van der Waals surface area contributed by atoms with Crippen molar-refractivity contribution in [2.45, 2.75) is 39.3 Å². The van der Waals surface area contributed by atoms with E-state index in [1.807, 2.05) is 0 Å². The fourth-order valence-corrected chi connectivity index (χ4v) is 2.43. The van der Waals surface area contributed by atoms with Gasteiger partial charge in [-0.25, -0.2) is 4.79 Å². The van der Waals surface area contributed by atoms with Crippen LogP contribution in [-0.2, 0) is 14.3 Å². The molecule has 0 bridgehead atoms. The number of nitrogens with one attached hydrogen (secondary N) is 1. The molecule has 7 nitrogen and oxygen atoms in total. The summed E-state index contributed by atoms with van der Waals surface area (Å²) < 4.78 is 10.4. The Labute approximate surface area is 154 Å². The maximum Gasteiger partial charge on any atom is 0.408 e. The lowest BCUT2D eigenvalue weighted by Crippen LogP contribution is -2.45. The highest BCUT2D eigenvalue weighted by atomic mass is 16.6. The number of benzene rings is 1. The number of nitrogens with zero attached hydrogens (tertiary/aromatic N) is 1. The molecule has 26 heavy (non-hydrogen) atoms. The monoisotopic (exact) mass is 364 g/mol. The van der Waals surface area contributed by atoms with Crippen LogP contribution in [0.25, 0.3) is 0 Å². The molecule has 2 atom stereocenters. The summed E-state index contributed by atoms with van der Waals surface area (Å²) >= 11 is 0. The molecule has 1 N–H and O–H groups in total. The normalized spacial score (nSPS) is 13.3. The van der Waals surface area contributed by atoms with Crippen molar-refractivity contribution in [2.24, 2.45) is 5.92 Å². The fraction of sp³-hybridized carbons (Fsp3) is 0.526. The van der Waals surface area contributed by atoms with E-state index < -0.39 is 29.6 Å². The topological polar surface area (TPSA) is 84.9 Å². The zero-order valence-corrected chi connectivity index (χ0v) is 16.5. The summed E-state index contributed by atoms with van der Waals surface area (Å²) in [6.07, 6.45) is -0.698. The largest absolute Gasteiger partial charge is 0.497 e. The molecule has 1 aromatic carbocycles. The number of methoxy groups -OCH3 is 1. The third kappa shape index (κ3) is 6.06. The van der Waals surface area contributed by atoms with Crippen LogP contribution in [0.1, 0.15) is 39.3 Å². The van der Waals surface area contributed by atoms with E-state index in [2.05, 4.69) is 5.32 Å². The SMILES string of the molecule is COc1ccc([C@H](NC(=O)OC(C)(C)C)[C@@H](C(C)=O)C(=O)N(C)C)cc1. The lowest BCUT2D eigenvalue weighted by molar-refractivity contribution is -0.140. The van der Waals surface area contributed by atoms with E-state index in [0.717, 1.165) is 0 Å². The highest BCUT2D eigenvalue weighted by molar-refractivity contribution is 6.01. The summed E-state index contributed by atoms with van der Waals surface area (Å²) in [5, 5.41) is 2.67. The molecule has 1 aromatic rings. The Hall–Kier alpha value is -2.57. The van der Waals surface area contributed by atoms with Crippen molar-refractivity contribution in [2.75, 3.05) is 21.2 Å². The smallest absolute Gasteiger partial charge is 0.408 e. The summed E-state index contributed by atoms with van der Waals surface area (Å²) in [5.74, 6) is -1.18. The summed E-state index contributed by atoms with van der Waals surface area (Å²) in [7, 11) is 4.67. The first kappa shape index (κ1) is 21.5. The fourth-order valence-electron chi connectivity index (χ4n) is 2.43. The molecule has 0 radical (unpaired) electrons. The van der Waals surface area contributed by atoms with Gasteiger partial charge in [-0.3, -0.25) is 9.59 Å². The van der Waals surface area contributed by atoms with Gasteiger partial charge in [0.25, 0.3) is 0 Å². The predicted molar refractivity (Wildman–Crippen MR) is 98.0 cm³/mol. The van der Waals surface area contributed by atoms with Crippen molar-refractivity contribution < 1.29 is 23.9 Å². The lowest BCUT2D eigenvalue weighted by atomic mass is 9.89. The Morgan fingerprint density at radius 3 is 2.00 bits per heavy atom. The Kier molecular flexibility index (Phi) is 7.18. The molecule has 0 saturated carbocycles. The summed E-state index contributed by atoms with van der Waals surface area (Å²) in [5.41, 5.74) is -0.0988. The van der Waals surface area contributed by atoms with E-state index >= 15 is 0 Å². The number of alkyl carbamates (subject to hydrolysis) is 1. The van der Waals surface area contributed by atoms with Crippen molar-refractivity contribution in [3.05, 3.63) is 29.8 Å². The Bertz CT molecular complexity index is 647. The standard InChI is InChI=1S/C19H28N2O5/c1-12(22)15(17(23)21(5)6)16(20-18(24)26-19(2,3)4)13-8-10-14(25-7)11-9-13/h8-11,15-16H,1-7H3,(H,20,24)/t15-,16+/m1/s1. The minimum atomic E-state index is -1.06. The van der Waals surface area contributed by atoms with E-state index in [1.54, 1.807) is 66.2 Å². The van der Waals surface area contributed by atoms with Gasteiger partial charge < -0.3 is 19.7 Å². The molecular weight excluding hydrogens is 336 g/mol. The van der Waals surface area contributed by atoms with Gasteiger partial charge in [0.2, 0.25) is 5.91 Å². The van der Waals surface area contributed by atoms with Crippen LogP contribution in [0.2, 0.25) is 0 Å². The first-order valence-corrected chi connectivity index (χ1v) is 8.31. The second kappa shape index (κ2) is 8.69. The molecule has 0 unspecified atom stereocenters. The van der Waals surface area contributed by atoms with Crippen LogP contribution in [0.3, 0.4) is 0 Å². The summed E-state index contributed by atoms with van der Waals surface area (Å²) in [6, 6.07) is 5.97. The van der Waals surface area contributed by atoms with Crippen molar-refractivity contribution in [1.82, 2.24) is 10.2 Å². The first-order valence-electron chi connectivity index (χ1n) is 8.31. The van der Waals surface area contributed by atoms with Crippen molar-refractivity contribution in [3.8, 4) is 5.75 Å². The van der Waals surface area contributed by atoms with Crippen molar-refractivity contribution in [3.63, 3.8) is 0 Å². The Morgan fingerprint density at radius 1 is 1.08 bits per heavy atom. The van der Waals surface area contributed by atoms with Crippen LogP contribution < -0.4 is 10.1 Å². The molecule has 144 valence electrons. The molecule has 0 aromatic heterocycles. The third-order valence-electron chi connectivity index (χ3n) is 3.63. The summed E-state index contributed by atoms with van der Waals surface area (Å²) in [6.45, 7) is 6.55. The second-order valence-corrected chi connectivity index (χ2v) is 7.22. The molecule has 1 rings (SSSR count). The molecule has 0 fully saturated rings. The van der Waals surface area contributed by atoms with Crippen LogP contribution in [0.4, 0.5) is 4.79 Å². The van der Waals surface area contributed by atoms with Gasteiger partial charge in [0, 0.05) is 14.1 Å². The Morgan fingerprint density at radius 2 is 1.62 bits per heavy atom. The number of Topliss-reactive ketones (excluding diaryl/α,β-unsaturated/α-hetero) is 1. The number of hydrogen-bond acceptors (Lipinski definition) is 5. The quantitative estimate of drug-likeness (QED) is 0.784. The number of amides is 2. The first-order chi connectivity index (χ1) is 12.0. The van der Waals surface area contributed by atoms with Gasteiger partial charge in [0.05, 0.1) is 13.2 Å². The van der Waals surface area contributed by atoms with Gasteiger partial charge in [-0.15, -0.1) is 0 Å². The molecule has 0 aliphatic rings. The van der Waals surface area contributed by atoms with Gasteiger partial charge in [-0.1, -0.05) is 12.1 Å². The molecule has 0 heterocycles. The zero-order chi connectivity index (χ0) is 20.1. The average Bonchev–Trinajstić information content (AvgIpc) is 2.52. The van der Waals surface area contributed by atoms with Crippen LogP contribution in [-0.4, -0.2) is 49.5 Å². The molecule has 0 aliphatic heterocycles. The number of carbonyl (C=O) groups excluding carboxylic acids is 3. The van der Waals surface area contributed by atoms with Gasteiger partial charge in [-0.2, -0.15) is 0 Å². The molecular formula is C19H28N2O5. The van der Waals surface area contributed by atoms with E-state index in [4.69, 9.17) is 9.47 Å². The number of carbonyl (C=O) groups is 3. The minimum Gasteiger partial charge on any atom is -0.497 e. The number of ketones is 1. The molecule has 2 amide bonds. The highest BCUT2D eigenvalue weighted by Crippen LogP contribution is 2.27. The van der Waals surface area contributed by atoms with Gasteiger partial charge in [-0.05, 0) is 45.4 Å².